The lowest BCUT2D eigenvalue weighted by molar-refractivity contribution is 0.203. The van der Waals surface area contributed by atoms with E-state index in [9.17, 15) is 8.42 Å². The maximum atomic E-state index is 12.3. The molecule has 0 aromatic heterocycles. The van der Waals surface area contributed by atoms with Crippen LogP contribution in [0.5, 0.6) is 0 Å². The van der Waals surface area contributed by atoms with Crippen LogP contribution in [0.25, 0.3) is 0 Å². The fraction of sp³-hybridized carbons (Fsp3) is 0.917. The second-order valence-corrected chi connectivity index (χ2v) is 7.11. The monoisotopic (exact) mass is 273 g/mol. The minimum atomic E-state index is -3.53. The van der Waals surface area contributed by atoms with Crippen LogP contribution in [0.1, 0.15) is 39.0 Å². The quantitative estimate of drug-likeness (QED) is 0.811. The van der Waals surface area contributed by atoms with Gasteiger partial charge >= 0.3 is 0 Å². The number of hydrogen-bond donors (Lipinski definition) is 1. The van der Waals surface area contributed by atoms with Gasteiger partial charge in [-0.05, 0) is 31.7 Å². The molecule has 3 atom stereocenters. The molecule has 2 N–H and O–H groups in total. The first-order valence-electron chi connectivity index (χ1n) is 6.55. The summed E-state index contributed by atoms with van der Waals surface area (Å²) in [5.74, 6) is 0.217. The molecule has 1 aliphatic carbocycles. The molecule has 6 heteroatoms. The fourth-order valence-corrected chi connectivity index (χ4v) is 4.31. The smallest absolute Gasteiger partial charge is 0.230 e. The molecule has 0 heterocycles. The van der Waals surface area contributed by atoms with Gasteiger partial charge < -0.3 is 5.73 Å². The average Bonchev–Trinajstić information content (AvgIpc) is 2.38. The van der Waals surface area contributed by atoms with E-state index < -0.39 is 15.3 Å². The predicted molar refractivity (Wildman–Crippen MR) is 71.2 cm³/mol. The molecule has 0 aromatic rings. The molecular formula is C12H23N3O2S. The topological polar surface area (TPSA) is 87.2 Å². The van der Waals surface area contributed by atoms with Crippen molar-refractivity contribution in [2.75, 3.05) is 13.6 Å². The largest absolute Gasteiger partial charge is 0.330 e. The summed E-state index contributed by atoms with van der Waals surface area (Å²) in [5.41, 5.74) is 5.73. The molecule has 0 saturated heterocycles. The van der Waals surface area contributed by atoms with Gasteiger partial charge in [0.15, 0.2) is 5.25 Å². The summed E-state index contributed by atoms with van der Waals surface area (Å²) in [6.07, 6.45) is 4.29. The Bertz CT molecular complexity index is 402. The predicted octanol–water partition coefficient (Wildman–Crippen LogP) is 1.07. The van der Waals surface area contributed by atoms with Crippen LogP contribution in [0.4, 0.5) is 0 Å². The Balaban J connectivity index is 2.91. The lowest BCUT2D eigenvalue weighted by atomic mass is 9.85. The van der Waals surface area contributed by atoms with E-state index in [0.29, 0.717) is 13.0 Å². The molecule has 0 aliphatic heterocycles. The van der Waals surface area contributed by atoms with Gasteiger partial charge in [-0.25, -0.2) is 12.7 Å². The minimum Gasteiger partial charge on any atom is -0.330 e. The van der Waals surface area contributed by atoms with Gasteiger partial charge in [-0.15, -0.1) is 0 Å². The first kappa shape index (κ1) is 15.4. The van der Waals surface area contributed by atoms with Crippen molar-refractivity contribution in [3.05, 3.63) is 0 Å². The Morgan fingerprint density at radius 3 is 2.56 bits per heavy atom. The highest BCUT2D eigenvalue weighted by molar-refractivity contribution is 7.90. The van der Waals surface area contributed by atoms with Crippen LogP contribution in [0.2, 0.25) is 0 Å². The summed E-state index contributed by atoms with van der Waals surface area (Å²) in [6.45, 7) is 2.23. The number of rotatable bonds is 5. The highest BCUT2D eigenvalue weighted by Gasteiger charge is 2.37. The van der Waals surface area contributed by atoms with Crippen molar-refractivity contribution in [3.8, 4) is 6.07 Å². The third kappa shape index (κ3) is 3.02. The number of nitrogens with two attached hydrogens (primary N) is 1. The second kappa shape index (κ2) is 6.50. The van der Waals surface area contributed by atoms with Gasteiger partial charge in [-0.2, -0.15) is 5.26 Å². The van der Waals surface area contributed by atoms with E-state index in [0.717, 1.165) is 25.7 Å². The minimum absolute atomic E-state index is 0.0452. The van der Waals surface area contributed by atoms with Crippen LogP contribution in [-0.4, -0.2) is 37.6 Å². The first-order chi connectivity index (χ1) is 8.48. The van der Waals surface area contributed by atoms with Crippen LogP contribution in [0, 0.1) is 17.2 Å². The lowest BCUT2D eigenvalue weighted by Gasteiger charge is -2.37. The standard InChI is InChI=1S/C12H23N3O2S/c1-3-11(9-14)18(16,17)15(2)12-7-5-4-6-10(12)8-13/h10-12H,3-8,13H2,1-2H3. The van der Waals surface area contributed by atoms with Crippen molar-refractivity contribution in [1.82, 2.24) is 4.31 Å². The Morgan fingerprint density at radius 2 is 2.06 bits per heavy atom. The lowest BCUT2D eigenvalue weighted by Crippen LogP contribution is -2.48. The van der Waals surface area contributed by atoms with Crippen LogP contribution in [0.15, 0.2) is 0 Å². The van der Waals surface area contributed by atoms with Crippen LogP contribution in [0.3, 0.4) is 0 Å². The van der Waals surface area contributed by atoms with Crippen molar-refractivity contribution in [2.45, 2.75) is 50.3 Å². The number of hydrogen-bond acceptors (Lipinski definition) is 4. The van der Waals surface area contributed by atoms with Crippen molar-refractivity contribution >= 4 is 10.0 Å². The van der Waals surface area contributed by atoms with E-state index in [4.69, 9.17) is 11.0 Å². The van der Waals surface area contributed by atoms with Crippen molar-refractivity contribution in [3.63, 3.8) is 0 Å². The molecule has 0 bridgehead atoms. The summed E-state index contributed by atoms with van der Waals surface area (Å²) in [6, 6.07) is 1.84. The summed E-state index contributed by atoms with van der Waals surface area (Å²) in [4.78, 5) is 0. The molecule has 1 rings (SSSR count). The Hall–Kier alpha value is -0.640. The van der Waals surface area contributed by atoms with E-state index in [2.05, 4.69) is 0 Å². The molecule has 0 aromatic carbocycles. The summed E-state index contributed by atoms with van der Waals surface area (Å²) in [7, 11) is -1.94. The summed E-state index contributed by atoms with van der Waals surface area (Å²) >= 11 is 0. The van der Waals surface area contributed by atoms with E-state index in [-0.39, 0.29) is 12.0 Å². The number of nitriles is 1. The van der Waals surface area contributed by atoms with E-state index in [1.807, 2.05) is 6.07 Å². The molecular weight excluding hydrogens is 250 g/mol. The molecule has 0 amide bonds. The number of sulfonamides is 1. The number of nitrogens with zero attached hydrogens (tertiary/aromatic N) is 2. The van der Waals surface area contributed by atoms with Gasteiger partial charge in [0.25, 0.3) is 0 Å². The fourth-order valence-electron chi connectivity index (χ4n) is 2.70. The van der Waals surface area contributed by atoms with Crippen LogP contribution < -0.4 is 5.73 Å². The second-order valence-electron chi connectivity index (χ2n) is 4.93. The molecule has 1 saturated carbocycles. The van der Waals surface area contributed by atoms with Crippen molar-refractivity contribution < 1.29 is 8.42 Å². The highest BCUT2D eigenvalue weighted by atomic mass is 32.2. The van der Waals surface area contributed by atoms with Gasteiger partial charge in [-0.1, -0.05) is 19.8 Å². The molecule has 0 spiro atoms. The molecule has 5 nitrogen and oxygen atoms in total. The molecule has 1 aliphatic rings. The van der Waals surface area contributed by atoms with Crippen molar-refractivity contribution in [2.24, 2.45) is 11.7 Å². The Morgan fingerprint density at radius 1 is 1.44 bits per heavy atom. The zero-order chi connectivity index (χ0) is 13.8. The average molecular weight is 273 g/mol. The maximum Gasteiger partial charge on any atom is 0.230 e. The third-order valence-corrected chi connectivity index (χ3v) is 6.15. The summed E-state index contributed by atoms with van der Waals surface area (Å²) < 4.78 is 26.0. The van der Waals surface area contributed by atoms with E-state index >= 15 is 0 Å². The Labute approximate surface area is 110 Å². The molecule has 3 unspecified atom stereocenters. The van der Waals surface area contributed by atoms with Gasteiger partial charge in [0.05, 0.1) is 6.07 Å². The first-order valence-corrected chi connectivity index (χ1v) is 8.05. The molecule has 104 valence electrons. The van der Waals surface area contributed by atoms with Gasteiger partial charge in [0, 0.05) is 13.1 Å². The van der Waals surface area contributed by atoms with Crippen molar-refractivity contribution in [1.29, 1.82) is 5.26 Å². The normalized spacial score (nSPS) is 26.8. The SMILES string of the molecule is CCC(C#N)S(=O)(=O)N(C)C1CCCCC1CN. The van der Waals surface area contributed by atoms with Gasteiger partial charge in [0.1, 0.15) is 0 Å². The third-order valence-electron chi connectivity index (χ3n) is 3.91. The van der Waals surface area contributed by atoms with Gasteiger partial charge in [-0.3, -0.25) is 0 Å². The zero-order valence-corrected chi connectivity index (χ0v) is 12.0. The van der Waals surface area contributed by atoms with E-state index in [1.165, 1.54) is 4.31 Å². The molecule has 1 fully saturated rings. The van der Waals surface area contributed by atoms with Crippen LogP contribution in [-0.2, 0) is 10.0 Å². The molecule has 0 radical (unpaired) electrons. The Kier molecular flexibility index (Phi) is 5.57. The molecule has 18 heavy (non-hydrogen) atoms. The zero-order valence-electron chi connectivity index (χ0n) is 11.2. The van der Waals surface area contributed by atoms with E-state index in [1.54, 1.807) is 14.0 Å². The summed E-state index contributed by atoms with van der Waals surface area (Å²) in [5, 5.41) is 8.01. The van der Waals surface area contributed by atoms with Gasteiger partial charge in [0.2, 0.25) is 10.0 Å². The maximum absolute atomic E-state index is 12.3. The van der Waals surface area contributed by atoms with Crippen LogP contribution >= 0.6 is 0 Å². The highest BCUT2D eigenvalue weighted by Crippen LogP contribution is 2.29.